The number of rotatable bonds is 14. The molecule has 9 heteroatoms. The number of ether oxygens (including phenoxy) is 5. The molecule has 0 saturated heterocycles. The summed E-state index contributed by atoms with van der Waals surface area (Å²) < 4.78 is 27.1. The van der Waals surface area contributed by atoms with Crippen molar-refractivity contribution >= 4 is 17.7 Å². The Hall–Kier alpha value is -3.56. The molecule has 0 unspecified atom stereocenters. The Morgan fingerprint density at radius 1 is 1.03 bits per heavy atom. The number of hydrogen-bond donors (Lipinski definition) is 2. The van der Waals surface area contributed by atoms with Crippen molar-refractivity contribution in [3.05, 3.63) is 65.7 Å². The first-order chi connectivity index (χ1) is 17.4. The summed E-state index contributed by atoms with van der Waals surface area (Å²) >= 11 is 0. The van der Waals surface area contributed by atoms with Crippen LogP contribution in [-0.2, 0) is 19.0 Å². The Kier molecular flexibility index (Phi) is 12.3. The first-order valence-electron chi connectivity index (χ1n) is 11.7. The third kappa shape index (κ3) is 9.24. The summed E-state index contributed by atoms with van der Waals surface area (Å²) in [7, 11) is 3.11. The van der Waals surface area contributed by atoms with Crippen molar-refractivity contribution in [2.45, 2.75) is 38.9 Å². The second-order valence-corrected chi connectivity index (χ2v) is 7.78. The fraction of sp³-hybridized carbons (Fsp3) is 0.407. The van der Waals surface area contributed by atoms with E-state index in [1.54, 1.807) is 82.7 Å². The van der Waals surface area contributed by atoms with Crippen molar-refractivity contribution in [3.63, 3.8) is 0 Å². The normalized spacial score (nSPS) is 12.9. The molecule has 2 aromatic carbocycles. The Bertz CT molecular complexity index is 972. The van der Waals surface area contributed by atoms with E-state index in [0.717, 1.165) is 0 Å². The molecule has 0 aliphatic rings. The molecule has 196 valence electrons. The van der Waals surface area contributed by atoms with E-state index >= 15 is 0 Å². The maximum atomic E-state index is 12.8. The van der Waals surface area contributed by atoms with Crippen LogP contribution in [0.5, 0.6) is 11.5 Å². The molecule has 0 aliphatic carbocycles. The summed E-state index contributed by atoms with van der Waals surface area (Å²) in [6, 6.07) is 13.9. The van der Waals surface area contributed by atoms with E-state index in [2.05, 4.69) is 5.32 Å². The Balaban J connectivity index is 2.18. The van der Waals surface area contributed by atoms with Crippen LogP contribution < -0.4 is 14.8 Å². The molecule has 0 heterocycles. The fourth-order valence-electron chi connectivity index (χ4n) is 3.40. The zero-order valence-electron chi connectivity index (χ0n) is 21.2. The van der Waals surface area contributed by atoms with E-state index in [-0.39, 0.29) is 19.2 Å². The van der Waals surface area contributed by atoms with Gasteiger partial charge >= 0.3 is 12.1 Å². The van der Waals surface area contributed by atoms with Gasteiger partial charge in [-0.2, -0.15) is 0 Å². The van der Waals surface area contributed by atoms with Crippen LogP contribution in [0.15, 0.2) is 60.2 Å². The SMILES string of the molecule is CCOC(=O)/C(C)=C/CC[C@H](OC)[C@@H](OC(=O)Nc1ccc(OC)cc1)c1ccc(OCCO)cc1. The van der Waals surface area contributed by atoms with Crippen molar-refractivity contribution in [1.29, 1.82) is 0 Å². The van der Waals surface area contributed by atoms with Gasteiger partial charge in [0.25, 0.3) is 0 Å². The summed E-state index contributed by atoms with van der Waals surface area (Å²) in [5.41, 5.74) is 1.76. The van der Waals surface area contributed by atoms with Gasteiger partial charge < -0.3 is 28.8 Å². The second kappa shape index (κ2) is 15.4. The lowest BCUT2D eigenvalue weighted by Gasteiger charge is -2.26. The van der Waals surface area contributed by atoms with Crippen molar-refractivity contribution in [3.8, 4) is 11.5 Å². The molecule has 0 aromatic heterocycles. The number of aliphatic hydroxyl groups is 1. The van der Waals surface area contributed by atoms with Gasteiger partial charge in [0.15, 0.2) is 6.10 Å². The quantitative estimate of drug-likeness (QED) is 0.284. The number of amides is 1. The molecule has 2 aromatic rings. The fourth-order valence-corrected chi connectivity index (χ4v) is 3.40. The van der Waals surface area contributed by atoms with Crippen molar-refractivity contribution < 1.29 is 38.4 Å². The van der Waals surface area contributed by atoms with Gasteiger partial charge in [0.2, 0.25) is 0 Å². The smallest absolute Gasteiger partial charge is 0.412 e. The predicted octanol–water partition coefficient (Wildman–Crippen LogP) is 4.66. The zero-order valence-corrected chi connectivity index (χ0v) is 21.2. The summed E-state index contributed by atoms with van der Waals surface area (Å²) in [6.45, 7) is 3.84. The molecule has 0 fully saturated rings. The molecule has 36 heavy (non-hydrogen) atoms. The number of anilines is 1. The second-order valence-electron chi connectivity index (χ2n) is 7.78. The van der Waals surface area contributed by atoms with Crippen LogP contribution >= 0.6 is 0 Å². The van der Waals surface area contributed by atoms with Crippen molar-refractivity contribution in [2.24, 2.45) is 0 Å². The van der Waals surface area contributed by atoms with Gasteiger partial charge in [-0.25, -0.2) is 9.59 Å². The molecule has 0 spiro atoms. The van der Waals surface area contributed by atoms with Crippen LogP contribution in [0, 0.1) is 0 Å². The van der Waals surface area contributed by atoms with Crippen molar-refractivity contribution in [1.82, 2.24) is 0 Å². The van der Waals surface area contributed by atoms with Crippen LogP contribution in [0.4, 0.5) is 10.5 Å². The van der Waals surface area contributed by atoms with Gasteiger partial charge in [-0.3, -0.25) is 5.32 Å². The lowest BCUT2D eigenvalue weighted by Crippen LogP contribution is -2.28. The maximum Gasteiger partial charge on any atom is 0.412 e. The highest BCUT2D eigenvalue weighted by molar-refractivity contribution is 5.87. The maximum absolute atomic E-state index is 12.8. The first kappa shape index (κ1) is 28.7. The van der Waals surface area contributed by atoms with Gasteiger partial charge in [0, 0.05) is 18.4 Å². The number of benzene rings is 2. The lowest BCUT2D eigenvalue weighted by atomic mass is 9.99. The first-order valence-corrected chi connectivity index (χ1v) is 11.7. The third-order valence-electron chi connectivity index (χ3n) is 5.28. The van der Waals surface area contributed by atoms with Gasteiger partial charge in [0.05, 0.1) is 26.4 Å². The number of aliphatic hydroxyl groups excluding tert-OH is 1. The van der Waals surface area contributed by atoms with Crippen LogP contribution in [0.3, 0.4) is 0 Å². The molecule has 1 amide bonds. The molecule has 2 atom stereocenters. The van der Waals surface area contributed by atoms with Gasteiger partial charge in [0.1, 0.15) is 18.1 Å². The summed E-state index contributed by atoms with van der Waals surface area (Å²) in [5, 5.41) is 11.7. The number of esters is 1. The number of carbonyl (C=O) groups excluding carboxylic acids is 2. The monoisotopic (exact) mass is 501 g/mol. The third-order valence-corrected chi connectivity index (χ3v) is 5.28. The van der Waals surface area contributed by atoms with E-state index < -0.39 is 18.3 Å². The van der Waals surface area contributed by atoms with E-state index in [4.69, 9.17) is 28.8 Å². The molecular weight excluding hydrogens is 466 g/mol. The highest BCUT2D eigenvalue weighted by Gasteiger charge is 2.27. The van der Waals surface area contributed by atoms with E-state index in [0.29, 0.717) is 47.8 Å². The van der Waals surface area contributed by atoms with Crippen LogP contribution in [-0.4, -0.2) is 57.3 Å². The minimum atomic E-state index is -0.739. The standard InChI is InChI=1S/C27H35NO8/c1-5-34-26(30)19(2)7-6-8-24(33-4)25(20-9-13-23(14-10-20)35-18-17-29)36-27(31)28-21-11-15-22(32-3)16-12-21/h7,9-16,24-25,29H,5-6,8,17-18H2,1-4H3,(H,28,31)/b19-7+/t24-,25-/m0/s1. The van der Waals surface area contributed by atoms with E-state index in [1.807, 2.05) is 0 Å². The minimum absolute atomic E-state index is 0.0937. The average molecular weight is 502 g/mol. The van der Waals surface area contributed by atoms with Crippen LogP contribution in [0.1, 0.15) is 38.4 Å². The number of nitrogens with one attached hydrogen (secondary N) is 1. The number of carbonyl (C=O) groups is 2. The highest BCUT2D eigenvalue weighted by atomic mass is 16.6. The largest absolute Gasteiger partial charge is 0.497 e. The van der Waals surface area contributed by atoms with Gasteiger partial charge in [-0.05, 0) is 68.7 Å². The molecule has 2 rings (SSSR count). The minimum Gasteiger partial charge on any atom is -0.497 e. The molecule has 2 N–H and O–H groups in total. The molecular formula is C27H35NO8. The van der Waals surface area contributed by atoms with Crippen LogP contribution in [0.25, 0.3) is 0 Å². The number of allylic oxidation sites excluding steroid dienone is 1. The topological polar surface area (TPSA) is 113 Å². The number of hydrogen-bond acceptors (Lipinski definition) is 8. The Labute approximate surface area is 212 Å². The molecule has 0 aliphatic heterocycles. The average Bonchev–Trinajstić information content (AvgIpc) is 2.89. The summed E-state index contributed by atoms with van der Waals surface area (Å²) in [5.74, 6) is 0.883. The molecule has 0 radical (unpaired) electrons. The predicted molar refractivity (Wildman–Crippen MR) is 135 cm³/mol. The number of methoxy groups -OCH3 is 2. The zero-order chi connectivity index (χ0) is 26.3. The summed E-state index contributed by atoms with van der Waals surface area (Å²) in [4.78, 5) is 24.7. The molecule has 0 bridgehead atoms. The van der Waals surface area contributed by atoms with E-state index in [9.17, 15) is 9.59 Å². The van der Waals surface area contributed by atoms with Gasteiger partial charge in [-0.1, -0.05) is 18.2 Å². The van der Waals surface area contributed by atoms with Crippen molar-refractivity contribution in [2.75, 3.05) is 39.4 Å². The Morgan fingerprint density at radius 2 is 1.69 bits per heavy atom. The molecule has 9 nitrogen and oxygen atoms in total. The van der Waals surface area contributed by atoms with Crippen LogP contribution in [0.2, 0.25) is 0 Å². The lowest BCUT2D eigenvalue weighted by molar-refractivity contribution is -0.138. The Morgan fingerprint density at radius 3 is 2.28 bits per heavy atom. The summed E-state index contributed by atoms with van der Waals surface area (Å²) in [6.07, 6.45) is 0.895. The van der Waals surface area contributed by atoms with E-state index in [1.165, 1.54) is 0 Å². The van der Waals surface area contributed by atoms with Gasteiger partial charge in [-0.15, -0.1) is 0 Å². The molecule has 0 saturated carbocycles. The highest BCUT2D eigenvalue weighted by Crippen LogP contribution is 2.29.